The molecule has 3 aromatic rings. The summed E-state index contributed by atoms with van der Waals surface area (Å²) in [7, 11) is 0. The Labute approximate surface area is 243 Å². The van der Waals surface area contributed by atoms with Gasteiger partial charge in [0.15, 0.2) is 0 Å². The lowest BCUT2D eigenvalue weighted by Gasteiger charge is -2.39. The van der Waals surface area contributed by atoms with Crippen LogP contribution in [0, 0.1) is 0 Å². The van der Waals surface area contributed by atoms with E-state index in [0.717, 1.165) is 38.9 Å². The topological polar surface area (TPSA) is 23.6 Å². The highest BCUT2D eigenvalue weighted by molar-refractivity contribution is 5.76. The van der Waals surface area contributed by atoms with Crippen LogP contribution in [0.4, 0.5) is 0 Å². The fourth-order valence-electron chi connectivity index (χ4n) is 6.01. The van der Waals surface area contributed by atoms with Crippen LogP contribution in [0.1, 0.15) is 95.1 Å². The summed E-state index contributed by atoms with van der Waals surface area (Å²) in [4.78, 5) is 18.4. The van der Waals surface area contributed by atoms with Gasteiger partial charge in [0.2, 0.25) is 5.91 Å². The molecule has 0 saturated carbocycles. The Bertz CT molecular complexity index is 1090. The van der Waals surface area contributed by atoms with Crippen molar-refractivity contribution < 1.29 is 4.79 Å². The van der Waals surface area contributed by atoms with Gasteiger partial charge >= 0.3 is 0 Å². The van der Waals surface area contributed by atoms with Crippen molar-refractivity contribution in [3.63, 3.8) is 0 Å². The number of nitrogens with zero attached hydrogens (tertiary/aromatic N) is 2. The number of likely N-dealkylation sites (tertiary alicyclic amines) is 1. The van der Waals surface area contributed by atoms with E-state index in [1.807, 2.05) is 0 Å². The van der Waals surface area contributed by atoms with Crippen molar-refractivity contribution in [1.29, 1.82) is 0 Å². The van der Waals surface area contributed by atoms with Crippen molar-refractivity contribution in [2.45, 2.75) is 103 Å². The number of benzene rings is 3. The second-order valence-electron chi connectivity index (χ2n) is 11.7. The van der Waals surface area contributed by atoms with E-state index in [9.17, 15) is 4.79 Å². The fraction of sp³-hybridized carbons (Fsp3) is 0.486. The number of hydrogen-bond acceptors (Lipinski definition) is 2. The summed E-state index contributed by atoms with van der Waals surface area (Å²) >= 11 is 0. The van der Waals surface area contributed by atoms with Crippen LogP contribution in [0.3, 0.4) is 0 Å². The largest absolute Gasteiger partial charge is 0.335 e. The van der Waals surface area contributed by atoms with E-state index in [0.29, 0.717) is 24.9 Å². The first-order valence-corrected chi connectivity index (χ1v) is 15.9. The molecule has 1 saturated heterocycles. The van der Waals surface area contributed by atoms with Gasteiger partial charge in [-0.05, 0) is 41.5 Å². The zero-order valence-electron chi connectivity index (χ0n) is 24.8. The number of rotatable bonds is 16. The number of hydrogen-bond donors (Lipinski definition) is 0. The van der Waals surface area contributed by atoms with Crippen molar-refractivity contribution >= 4 is 5.91 Å². The molecule has 4 rings (SSSR count). The maximum Gasteiger partial charge on any atom is 0.223 e. The fourth-order valence-corrected chi connectivity index (χ4v) is 6.01. The molecule has 3 nitrogen and oxygen atoms in total. The molecule has 0 atom stereocenters. The van der Waals surface area contributed by atoms with Crippen LogP contribution < -0.4 is 0 Å². The van der Waals surface area contributed by atoms with Gasteiger partial charge in [0.1, 0.15) is 0 Å². The summed E-state index contributed by atoms with van der Waals surface area (Å²) < 4.78 is 0. The molecule has 0 bridgehead atoms. The molecule has 3 heteroatoms. The van der Waals surface area contributed by atoms with Crippen molar-refractivity contribution in [2.75, 3.05) is 13.1 Å². The van der Waals surface area contributed by atoms with Gasteiger partial charge in [0, 0.05) is 38.6 Å². The summed E-state index contributed by atoms with van der Waals surface area (Å²) in [5, 5.41) is 0. The average molecular weight is 539 g/mol. The Balaban J connectivity index is 1.31. The SMILES string of the molecule is CCCCCCCCCCCC(=O)N(Cc1ccc(-c2ccccc2)cc1)C1CCN(Cc2ccccc2)CC1. The molecule has 1 amide bonds. The first kappa shape index (κ1) is 30.1. The quantitative estimate of drug-likeness (QED) is 0.170. The van der Waals surface area contributed by atoms with Crippen molar-refractivity contribution in [3.8, 4) is 11.1 Å². The van der Waals surface area contributed by atoms with Crippen LogP contribution in [-0.4, -0.2) is 34.8 Å². The Morgan fingerprint density at radius 3 is 1.85 bits per heavy atom. The third-order valence-electron chi connectivity index (χ3n) is 8.48. The highest BCUT2D eigenvalue weighted by Crippen LogP contribution is 2.24. The molecule has 3 aromatic carbocycles. The Morgan fingerprint density at radius 1 is 0.675 bits per heavy atom. The standard InChI is InChI=1S/C37H50N2O/c1-2-3-4-5-6-7-8-9-16-21-37(40)39(31-33-22-24-35(25-23-33)34-19-14-11-15-20-34)36-26-28-38(29-27-36)30-32-17-12-10-13-18-32/h10-15,17-20,22-25,36H,2-9,16,21,26-31H2,1H3. The van der Waals surface area contributed by atoms with Gasteiger partial charge in [-0.2, -0.15) is 0 Å². The molecule has 1 aliphatic rings. The minimum Gasteiger partial charge on any atom is -0.335 e. The van der Waals surface area contributed by atoms with Gasteiger partial charge < -0.3 is 4.90 Å². The first-order valence-electron chi connectivity index (χ1n) is 15.9. The van der Waals surface area contributed by atoms with E-state index in [1.54, 1.807) is 0 Å². The van der Waals surface area contributed by atoms with Crippen molar-refractivity contribution in [3.05, 3.63) is 96.1 Å². The Hall–Kier alpha value is -2.91. The monoisotopic (exact) mass is 538 g/mol. The van der Waals surface area contributed by atoms with Gasteiger partial charge in [-0.15, -0.1) is 0 Å². The molecule has 40 heavy (non-hydrogen) atoms. The summed E-state index contributed by atoms with van der Waals surface area (Å²) in [6.07, 6.45) is 14.3. The van der Waals surface area contributed by atoms with Gasteiger partial charge in [-0.25, -0.2) is 0 Å². The summed E-state index contributed by atoms with van der Waals surface area (Å²) in [5.41, 5.74) is 5.06. The number of carbonyl (C=O) groups is 1. The molecular formula is C37H50N2O. The molecule has 1 fully saturated rings. The molecule has 1 aliphatic heterocycles. The van der Waals surface area contributed by atoms with Crippen LogP contribution in [0.15, 0.2) is 84.9 Å². The van der Waals surface area contributed by atoms with Crippen LogP contribution >= 0.6 is 0 Å². The van der Waals surface area contributed by atoms with Crippen molar-refractivity contribution in [1.82, 2.24) is 9.80 Å². The van der Waals surface area contributed by atoms with E-state index in [2.05, 4.69) is 102 Å². The summed E-state index contributed by atoms with van der Waals surface area (Å²) in [6.45, 7) is 6.09. The van der Waals surface area contributed by atoms with Crippen LogP contribution in [0.5, 0.6) is 0 Å². The molecule has 1 heterocycles. The number of piperidine rings is 1. The Kier molecular flexibility index (Phi) is 12.8. The zero-order chi connectivity index (χ0) is 27.8. The van der Waals surface area contributed by atoms with E-state index in [1.165, 1.54) is 73.6 Å². The summed E-state index contributed by atoms with van der Waals surface area (Å²) in [6, 6.07) is 30.4. The third kappa shape index (κ3) is 9.93. The lowest BCUT2D eigenvalue weighted by molar-refractivity contribution is -0.135. The maximum absolute atomic E-state index is 13.6. The van der Waals surface area contributed by atoms with Crippen LogP contribution in [-0.2, 0) is 17.9 Å². The molecule has 0 spiro atoms. The molecular weight excluding hydrogens is 488 g/mol. The van der Waals surface area contributed by atoms with E-state index in [4.69, 9.17) is 0 Å². The molecule has 0 unspecified atom stereocenters. The molecule has 0 radical (unpaired) electrons. The molecule has 214 valence electrons. The minimum atomic E-state index is 0.326. The predicted molar refractivity (Wildman–Crippen MR) is 169 cm³/mol. The van der Waals surface area contributed by atoms with E-state index >= 15 is 0 Å². The normalized spacial score (nSPS) is 14.3. The van der Waals surface area contributed by atoms with Gasteiger partial charge in [0.25, 0.3) is 0 Å². The highest BCUT2D eigenvalue weighted by Gasteiger charge is 2.28. The second-order valence-corrected chi connectivity index (χ2v) is 11.7. The van der Waals surface area contributed by atoms with Crippen molar-refractivity contribution in [2.24, 2.45) is 0 Å². The average Bonchev–Trinajstić information content (AvgIpc) is 3.01. The highest BCUT2D eigenvalue weighted by atomic mass is 16.2. The van der Waals surface area contributed by atoms with Gasteiger partial charge in [-0.3, -0.25) is 9.69 Å². The Morgan fingerprint density at radius 2 is 1.23 bits per heavy atom. The predicted octanol–water partition coefficient (Wildman–Crippen LogP) is 9.27. The lowest BCUT2D eigenvalue weighted by atomic mass is 9.99. The lowest BCUT2D eigenvalue weighted by Crippen LogP contribution is -2.46. The number of amides is 1. The van der Waals surface area contributed by atoms with E-state index < -0.39 is 0 Å². The smallest absolute Gasteiger partial charge is 0.223 e. The maximum atomic E-state index is 13.6. The second kappa shape index (κ2) is 17.0. The first-order chi connectivity index (χ1) is 19.7. The van der Waals surface area contributed by atoms with Crippen LogP contribution in [0.25, 0.3) is 11.1 Å². The third-order valence-corrected chi connectivity index (χ3v) is 8.48. The zero-order valence-corrected chi connectivity index (χ0v) is 24.8. The molecule has 0 aliphatic carbocycles. The van der Waals surface area contributed by atoms with E-state index in [-0.39, 0.29) is 0 Å². The minimum absolute atomic E-state index is 0.326. The van der Waals surface area contributed by atoms with Gasteiger partial charge in [0.05, 0.1) is 0 Å². The number of unbranched alkanes of at least 4 members (excludes halogenated alkanes) is 8. The van der Waals surface area contributed by atoms with Crippen LogP contribution in [0.2, 0.25) is 0 Å². The molecule has 0 N–H and O–H groups in total. The number of carbonyl (C=O) groups excluding carboxylic acids is 1. The van der Waals surface area contributed by atoms with Gasteiger partial charge in [-0.1, -0.05) is 143 Å². The molecule has 0 aromatic heterocycles. The summed E-state index contributed by atoms with van der Waals surface area (Å²) in [5.74, 6) is 0.344.